The van der Waals surface area contributed by atoms with Gasteiger partial charge in [-0.3, -0.25) is 0 Å². The summed E-state index contributed by atoms with van der Waals surface area (Å²) in [4.78, 5) is 11.2. The first kappa shape index (κ1) is 11.2. The van der Waals surface area contributed by atoms with Gasteiger partial charge in [0.1, 0.15) is 17.5 Å². The highest BCUT2D eigenvalue weighted by molar-refractivity contribution is 5.49. The fraction of sp³-hybridized carbons (Fsp3) is 0.667. The number of nitrogens with one attached hydrogen (secondary N) is 1. The molecule has 1 aliphatic heterocycles. The standard InChI is InChI=1S/C12H20N4/c1-9-5-4-6-16(8-9)12-7-11(13-3)14-10(2)15-12/h7,9H,4-6,8H2,1-3H3,(H,13,14,15). The zero-order chi connectivity index (χ0) is 11.5. The van der Waals surface area contributed by atoms with Crippen molar-refractivity contribution in [3.05, 3.63) is 11.9 Å². The van der Waals surface area contributed by atoms with Crippen LogP contribution in [0.4, 0.5) is 11.6 Å². The Morgan fingerprint density at radius 2 is 2.25 bits per heavy atom. The first-order chi connectivity index (χ1) is 7.69. The summed E-state index contributed by atoms with van der Waals surface area (Å²) < 4.78 is 0. The Morgan fingerprint density at radius 1 is 1.44 bits per heavy atom. The summed E-state index contributed by atoms with van der Waals surface area (Å²) in [5.41, 5.74) is 0. The number of anilines is 2. The molecule has 88 valence electrons. The average Bonchev–Trinajstić information content (AvgIpc) is 2.28. The summed E-state index contributed by atoms with van der Waals surface area (Å²) in [6, 6.07) is 2.03. The van der Waals surface area contributed by atoms with Gasteiger partial charge in [-0.1, -0.05) is 6.92 Å². The molecule has 1 aromatic heterocycles. The summed E-state index contributed by atoms with van der Waals surface area (Å²) in [6.45, 7) is 6.47. The van der Waals surface area contributed by atoms with Crippen molar-refractivity contribution >= 4 is 11.6 Å². The van der Waals surface area contributed by atoms with E-state index in [-0.39, 0.29) is 0 Å². The maximum Gasteiger partial charge on any atom is 0.134 e. The Balaban J connectivity index is 2.21. The zero-order valence-corrected chi connectivity index (χ0v) is 10.3. The van der Waals surface area contributed by atoms with E-state index in [2.05, 4.69) is 27.1 Å². The number of nitrogens with zero attached hydrogens (tertiary/aromatic N) is 3. The van der Waals surface area contributed by atoms with E-state index in [9.17, 15) is 0 Å². The first-order valence-corrected chi connectivity index (χ1v) is 5.97. The van der Waals surface area contributed by atoms with E-state index in [0.29, 0.717) is 0 Å². The van der Waals surface area contributed by atoms with Gasteiger partial charge in [-0.05, 0) is 25.7 Å². The molecule has 0 aliphatic carbocycles. The highest BCUT2D eigenvalue weighted by atomic mass is 15.2. The monoisotopic (exact) mass is 220 g/mol. The summed E-state index contributed by atoms with van der Waals surface area (Å²) in [5.74, 6) is 3.56. The first-order valence-electron chi connectivity index (χ1n) is 5.97. The second-order valence-electron chi connectivity index (χ2n) is 4.60. The second-order valence-corrected chi connectivity index (χ2v) is 4.60. The largest absolute Gasteiger partial charge is 0.373 e. The van der Waals surface area contributed by atoms with E-state index in [1.165, 1.54) is 12.8 Å². The minimum absolute atomic E-state index is 0.766. The molecule has 1 unspecified atom stereocenters. The molecule has 2 heterocycles. The number of hydrogen-bond acceptors (Lipinski definition) is 4. The van der Waals surface area contributed by atoms with Gasteiger partial charge in [0, 0.05) is 26.2 Å². The molecule has 1 atom stereocenters. The molecular weight excluding hydrogens is 200 g/mol. The van der Waals surface area contributed by atoms with Gasteiger partial charge in [0.15, 0.2) is 0 Å². The molecule has 0 radical (unpaired) electrons. The Hall–Kier alpha value is -1.32. The molecule has 0 saturated carbocycles. The summed E-state index contributed by atoms with van der Waals surface area (Å²) in [5, 5.41) is 3.08. The van der Waals surface area contributed by atoms with Gasteiger partial charge >= 0.3 is 0 Å². The number of aromatic nitrogens is 2. The highest BCUT2D eigenvalue weighted by Crippen LogP contribution is 2.22. The minimum Gasteiger partial charge on any atom is -0.373 e. The molecule has 1 N–H and O–H groups in total. The normalized spacial score (nSPS) is 20.9. The molecule has 1 saturated heterocycles. The van der Waals surface area contributed by atoms with Gasteiger partial charge in [-0.2, -0.15) is 0 Å². The molecule has 0 aromatic carbocycles. The lowest BCUT2D eigenvalue weighted by molar-refractivity contribution is 0.444. The van der Waals surface area contributed by atoms with E-state index >= 15 is 0 Å². The van der Waals surface area contributed by atoms with Crippen LogP contribution >= 0.6 is 0 Å². The van der Waals surface area contributed by atoms with Crippen LogP contribution in [0.3, 0.4) is 0 Å². The molecule has 1 fully saturated rings. The van der Waals surface area contributed by atoms with Crippen molar-refractivity contribution in [2.45, 2.75) is 26.7 Å². The molecule has 1 aromatic rings. The van der Waals surface area contributed by atoms with Crippen LogP contribution in [0.15, 0.2) is 6.07 Å². The van der Waals surface area contributed by atoms with Gasteiger partial charge in [0.05, 0.1) is 0 Å². The molecule has 0 spiro atoms. The summed E-state index contributed by atoms with van der Waals surface area (Å²) in [7, 11) is 1.89. The van der Waals surface area contributed by atoms with Crippen molar-refractivity contribution in [1.29, 1.82) is 0 Å². The maximum absolute atomic E-state index is 4.51. The van der Waals surface area contributed by atoms with E-state index in [0.717, 1.165) is 36.5 Å². The third kappa shape index (κ3) is 2.43. The number of hydrogen-bond donors (Lipinski definition) is 1. The Bertz CT molecular complexity index is 364. The van der Waals surface area contributed by atoms with Crippen molar-refractivity contribution in [2.24, 2.45) is 5.92 Å². The smallest absolute Gasteiger partial charge is 0.134 e. The van der Waals surface area contributed by atoms with Gasteiger partial charge in [-0.25, -0.2) is 9.97 Å². The minimum atomic E-state index is 0.766. The van der Waals surface area contributed by atoms with Gasteiger partial charge in [-0.15, -0.1) is 0 Å². The summed E-state index contributed by atoms with van der Waals surface area (Å²) >= 11 is 0. The predicted octanol–water partition coefficient (Wildman–Crippen LogP) is 2.06. The molecule has 16 heavy (non-hydrogen) atoms. The lowest BCUT2D eigenvalue weighted by Gasteiger charge is -2.32. The van der Waals surface area contributed by atoms with Crippen LogP contribution in [0.1, 0.15) is 25.6 Å². The van der Waals surface area contributed by atoms with E-state index in [4.69, 9.17) is 0 Å². The molecule has 4 nitrogen and oxygen atoms in total. The lowest BCUT2D eigenvalue weighted by Crippen LogP contribution is -2.35. The number of aryl methyl sites for hydroxylation is 1. The van der Waals surface area contributed by atoms with E-state index in [1.807, 2.05) is 20.0 Å². The molecule has 2 rings (SSSR count). The van der Waals surface area contributed by atoms with Crippen molar-refractivity contribution in [2.75, 3.05) is 30.4 Å². The van der Waals surface area contributed by atoms with Crippen molar-refractivity contribution < 1.29 is 0 Å². The fourth-order valence-electron chi connectivity index (χ4n) is 2.24. The van der Waals surface area contributed by atoms with Crippen LogP contribution in [0.25, 0.3) is 0 Å². The second kappa shape index (κ2) is 4.68. The third-order valence-corrected chi connectivity index (χ3v) is 3.06. The quantitative estimate of drug-likeness (QED) is 0.828. The fourth-order valence-corrected chi connectivity index (χ4v) is 2.24. The molecule has 0 bridgehead atoms. The van der Waals surface area contributed by atoms with Crippen molar-refractivity contribution in [3.8, 4) is 0 Å². The van der Waals surface area contributed by atoms with Gasteiger partial charge in [0.25, 0.3) is 0 Å². The van der Waals surface area contributed by atoms with Crippen LogP contribution in [0.2, 0.25) is 0 Å². The van der Waals surface area contributed by atoms with Crippen LogP contribution in [-0.4, -0.2) is 30.1 Å². The summed E-state index contributed by atoms with van der Waals surface area (Å²) in [6.07, 6.45) is 2.60. The van der Waals surface area contributed by atoms with Crippen LogP contribution < -0.4 is 10.2 Å². The van der Waals surface area contributed by atoms with Crippen molar-refractivity contribution in [3.63, 3.8) is 0 Å². The SMILES string of the molecule is CNc1cc(N2CCCC(C)C2)nc(C)n1. The molecular formula is C12H20N4. The van der Waals surface area contributed by atoms with Crippen LogP contribution in [-0.2, 0) is 0 Å². The molecule has 4 heteroatoms. The average molecular weight is 220 g/mol. The van der Waals surface area contributed by atoms with E-state index in [1.54, 1.807) is 0 Å². The Morgan fingerprint density at radius 3 is 2.94 bits per heavy atom. The van der Waals surface area contributed by atoms with Crippen LogP contribution in [0, 0.1) is 12.8 Å². The third-order valence-electron chi connectivity index (χ3n) is 3.06. The Kier molecular flexibility index (Phi) is 3.27. The number of piperidine rings is 1. The maximum atomic E-state index is 4.51. The predicted molar refractivity (Wildman–Crippen MR) is 66.9 cm³/mol. The highest BCUT2D eigenvalue weighted by Gasteiger charge is 2.18. The zero-order valence-electron chi connectivity index (χ0n) is 10.3. The molecule has 0 amide bonds. The molecule has 1 aliphatic rings. The topological polar surface area (TPSA) is 41.0 Å². The van der Waals surface area contributed by atoms with Crippen LogP contribution in [0.5, 0.6) is 0 Å². The van der Waals surface area contributed by atoms with E-state index < -0.39 is 0 Å². The number of rotatable bonds is 2. The van der Waals surface area contributed by atoms with Crippen molar-refractivity contribution in [1.82, 2.24) is 9.97 Å². The lowest BCUT2D eigenvalue weighted by atomic mass is 10.0. The van der Waals surface area contributed by atoms with Gasteiger partial charge < -0.3 is 10.2 Å². The van der Waals surface area contributed by atoms with Gasteiger partial charge in [0.2, 0.25) is 0 Å². The Labute approximate surface area is 97.1 Å².